The first-order chi connectivity index (χ1) is 16.0. The fourth-order valence-corrected chi connectivity index (χ4v) is 4.20. The summed E-state index contributed by atoms with van der Waals surface area (Å²) in [4.78, 5) is 45.1. The molecular weight excluding hydrogens is 424 g/mol. The molecule has 2 aliphatic rings. The maximum atomic E-state index is 13.1. The van der Waals surface area contributed by atoms with Gasteiger partial charge >= 0.3 is 0 Å². The van der Waals surface area contributed by atoms with Gasteiger partial charge in [0, 0.05) is 36.7 Å². The van der Waals surface area contributed by atoms with Crippen molar-refractivity contribution in [1.29, 1.82) is 0 Å². The molecule has 0 aliphatic carbocycles. The number of hydrogen-bond donors (Lipinski definition) is 1. The molecule has 2 amide bonds. The fourth-order valence-electron chi connectivity index (χ4n) is 4.20. The number of carbonyl (C=O) groups excluding carboxylic acids is 2. The Kier molecular flexibility index (Phi) is 5.45. The lowest BCUT2D eigenvalue weighted by Crippen LogP contribution is -2.33. The number of aromatic nitrogens is 2. The smallest absolute Gasteiger partial charge is 0.259 e. The molecule has 3 aromatic rings. The van der Waals surface area contributed by atoms with Crippen molar-refractivity contribution in [1.82, 2.24) is 14.5 Å². The molecule has 1 N–H and O–H groups in total. The molecule has 0 spiro atoms. The van der Waals surface area contributed by atoms with Gasteiger partial charge in [-0.05, 0) is 44.0 Å². The summed E-state index contributed by atoms with van der Waals surface area (Å²) in [6.45, 7) is 3.91. The fraction of sp³-hybridized carbons (Fsp3) is 0.333. The maximum absolute atomic E-state index is 13.1. The first kappa shape index (κ1) is 21.0. The van der Waals surface area contributed by atoms with Crippen LogP contribution in [0.15, 0.2) is 41.3 Å². The van der Waals surface area contributed by atoms with Gasteiger partial charge in [-0.3, -0.25) is 14.4 Å². The van der Waals surface area contributed by atoms with Crippen molar-refractivity contribution in [2.75, 3.05) is 31.6 Å². The van der Waals surface area contributed by atoms with Gasteiger partial charge in [-0.25, -0.2) is 4.98 Å². The average molecular weight is 448 g/mol. The second-order valence-corrected chi connectivity index (χ2v) is 8.23. The zero-order valence-electron chi connectivity index (χ0n) is 18.3. The Morgan fingerprint density at radius 2 is 1.82 bits per heavy atom. The predicted molar refractivity (Wildman–Crippen MR) is 122 cm³/mol. The van der Waals surface area contributed by atoms with Gasteiger partial charge in [-0.1, -0.05) is 0 Å². The zero-order valence-corrected chi connectivity index (χ0v) is 18.3. The molecule has 0 unspecified atom stereocenters. The second-order valence-electron chi connectivity index (χ2n) is 8.23. The number of amides is 2. The minimum atomic E-state index is -0.363. The molecule has 4 heterocycles. The van der Waals surface area contributed by atoms with Crippen molar-refractivity contribution in [3.63, 3.8) is 0 Å². The van der Waals surface area contributed by atoms with E-state index in [2.05, 4.69) is 10.3 Å². The number of nitrogens with one attached hydrogen (secondary N) is 1. The zero-order chi connectivity index (χ0) is 22.9. The van der Waals surface area contributed by atoms with E-state index in [0.717, 1.165) is 12.8 Å². The lowest BCUT2D eigenvalue weighted by molar-refractivity contribution is -0.116. The van der Waals surface area contributed by atoms with Crippen LogP contribution in [0.5, 0.6) is 11.5 Å². The molecule has 33 heavy (non-hydrogen) atoms. The number of nitrogens with zero attached hydrogens (tertiary/aromatic N) is 3. The van der Waals surface area contributed by atoms with Gasteiger partial charge in [0.15, 0.2) is 11.5 Å². The highest BCUT2D eigenvalue weighted by Gasteiger charge is 2.24. The Morgan fingerprint density at radius 1 is 1.06 bits per heavy atom. The van der Waals surface area contributed by atoms with Crippen LogP contribution in [0.4, 0.5) is 5.69 Å². The van der Waals surface area contributed by atoms with Crippen molar-refractivity contribution in [3.05, 3.63) is 58.0 Å². The Balaban J connectivity index is 1.46. The molecule has 9 nitrogen and oxygen atoms in total. The third-order valence-electron chi connectivity index (χ3n) is 5.82. The summed E-state index contributed by atoms with van der Waals surface area (Å²) in [5.41, 5.74) is 1.34. The quantitative estimate of drug-likeness (QED) is 0.657. The van der Waals surface area contributed by atoms with E-state index in [4.69, 9.17) is 9.47 Å². The lowest BCUT2D eigenvalue weighted by Gasteiger charge is -2.19. The molecule has 1 saturated heterocycles. The van der Waals surface area contributed by atoms with Crippen molar-refractivity contribution in [2.24, 2.45) is 0 Å². The van der Waals surface area contributed by atoms with Crippen molar-refractivity contribution in [3.8, 4) is 11.5 Å². The van der Waals surface area contributed by atoms with Crippen LogP contribution >= 0.6 is 0 Å². The van der Waals surface area contributed by atoms with Gasteiger partial charge in [0.05, 0.1) is 5.39 Å². The Hall–Kier alpha value is -3.88. The summed E-state index contributed by atoms with van der Waals surface area (Å²) < 4.78 is 12.7. The van der Waals surface area contributed by atoms with Crippen LogP contribution in [0.3, 0.4) is 0 Å². The van der Waals surface area contributed by atoms with E-state index in [-0.39, 0.29) is 29.4 Å². The number of carbonyl (C=O) groups is 2. The van der Waals surface area contributed by atoms with E-state index in [1.807, 2.05) is 6.92 Å². The number of fused-ring (bicyclic) bond motifs is 2. The van der Waals surface area contributed by atoms with E-state index < -0.39 is 0 Å². The minimum absolute atomic E-state index is 0.0576. The summed E-state index contributed by atoms with van der Waals surface area (Å²) in [7, 11) is 0. The summed E-state index contributed by atoms with van der Waals surface area (Å²) >= 11 is 0. The van der Waals surface area contributed by atoms with E-state index in [1.165, 1.54) is 6.20 Å². The minimum Gasteiger partial charge on any atom is -0.486 e. The van der Waals surface area contributed by atoms with Crippen molar-refractivity contribution >= 4 is 28.5 Å². The van der Waals surface area contributed by atoms with Gasteiger partial charge < -0.3 is 24.3 Å². The average Bonchev–Trinajstić information content (AvgIpc) is 3.35. The molecule has 2 aromatic heterocycles. The van der Waals surface area contributed by atoms with Crippen LogP contribution in [0.2, 0.25) is 0 Å². The summed E-state index contributed by atoms with van der Waals surface area (Å²) in [5, 5.41) is 3.16. The molecule has 0 atom stereocenters. The highest BCUT2D eigenvalue weighted by Crippen LogP contribution is 2.32. The highest BCUT2D eigenvalue weighted by molar-refractivity contribution is 5.98. The Morgan fingerprint density at radius 3 is 2.61 bits per heavy atom. The van der Waals surface area contributed by atoms with E-state index in [9.17, 15) is 14.4 Å². The largest absolute Gasteiger partial charge is 0.486 e. The summed E-state index contributed by atoms with van der Waals surface area (Å²) in [6.07, 6.45) is 3.31. The monoisotopic (exact) mass is 448 g/mol. The molecular formula is C24H24N4O5. The third-order valence-corrected chi connectivity index (χ3v) is 5.82. The number of anilines is 1. The number of ether oxygens (including phenoxy) is 2. The van der Waals surface area contributed by atoms with E-state index in [1.54, 1.807) is 39.8 Å². The first-order valence-corrected chi connectivity index (χ1v) is 11.0. The Labute approximate surface area is 189 Å². The van der Waals surface area contributed by atoms with E-state index >= 15 is 0 Å². The molecule has 170 valence electrons. The van der Waals surface area contributed by atoms with Crippen molar-refractivity contribution < 1.29 is 19.1 Å². The van der Waals surface area contributed by atoms with Crippen LogP contribution in [0, 0.1) is 6.92 Å². The number of benzene rings is 1. The van der Waals surface area contributed by atoms with Crippen LogP contribution in [-0.4, -0.2) is 52.6 Å². The molecule has 9 heteroatoms. The molecule has 1 aromatic carbocycles. The molecule has 0 bridgehead atoms. The topological polar surface area (TPSA) is 103 Å². The number of aryl methyl sites for hydroxylation is 1. The normalized spacial score (nSPS) is 15.0. The van der Waals surface area contributed by atoms with Crippen LogP contribution in [0.25, 0.3) is 11.0 Å². The van der Waals surface area contributed by atoms with Crippen LogP contribution in [-0.2, 0) is 11.3 Å². The summed E-state index contributed by atoms with van der Waals surface area (Å²) in [5.74, 6) is 0.583. The van der Waals surface area contributed by atoms with Crippen LogP contribution in [0.1, 0.15) is 28.9 Å². The molecule has 5 rings (SSSR count). The SMILES string of the molecule is Cc1ccc2c(=O)c(C(=O)N3CCCC3)cn(CC(=O)Nc3ccc4c(c3)OCCO4)c2n1. The van der Waals surface area contributed by atoms with Crippen LogP contribution < -0.4 is 20.2 Å². The maximum Gasteiger partial charge on any atom is 0.259 e. The van der Waals surface area contributed by atoms with Crippen molar-refractivity contribution in [2.45, 2.75) is 26.3 Å². The molecule has 2 aliphatic heterocycles. The van der Waals surface area contributed by atoms with Gasteiger partial charge in [0.2, 0.25) is 11.3 Å². The standard InChI is InChI=1S/C24H24N4O5/c1-15-4-6-17-22(30)18(24(31)27-8-2-3-9-27)13-28(23(17)25-15)14-21(29)26-16-5-7-19-20(12-16)33-11-10-32-19/h4-7,12-13H,2-3,8-11,14H2,1H3,(H,26,29). The Bertz CT molecular complexity index is 1310. The number of hydrogen-bond acceptors (Lipinski definition) is 6. The number of rotatable bonds is 4. The third kappa shape index (κ3) is 4.13. The first-order valence-electron chi connectivity index (χ1n) is 11.0. The van der Waals surface area contributed by atoms with Gasteiger partial charge in [0.1, 0.15) is 31.0 Å². The molecule has 0 saturated carbocycles. The molecule has 1 fully saturated rings. The highest BCUT2D eigenvalue weighted by atomic mass is 16.6. The van der Waals surface area contributed by atoms with Gasteiger partial charge in [-0.2, -0.15) is 0 Å². The lowest BCUT2D eigenvalue weighted by atomic mass is 10.1. The van der Waals surface area contributed by atoms with Gasteiger partial charge in [-0.15, -0.1) is 0 Å². The molecule has 0 radical (unpaired) electrons. The predicted octanol–water partition coefficient (Wildman–Crippen LogP) is 2.35. The number of likely N-dealkylation sites (tertiary alicyclic amines) is 1. The number of pyridine rings is 2. The summed E-state index contributed by atoms with van der Waals surface area (Å²) in [6, 6.07) is 8.58. The second kappa shape index (κ2) is 8.57. The van der Waals surface area contributed by atoms with Gasteiger partial charge in [0.25, 0.3) is 5.91 Å². The van der Waals surface area contributed by atoms with E-state index in [0.29, 0.717) is 60.2 Å².